The first-order valence-electron chi connectivity index (χ1n) is 7.59. The van der Waals surface area contributed by atoms with Crippen LogP contribution in [0.15, 0.2) is 34.1 Å². The molecule has 2 aliphatic rings. The number of rotatable bonds is 6. The quantitative estimate of drug-likeness (QED) is 0.742. The van der Waals surface area contributed by atoms with Crippen molar-refractivity contribution in [2.24, 2.45) is 0 Å². The Bertz CT molecular complexity index is 861. The van der Waals surface area contributed by atoms with E-state index in [9.17, 15) is 26.7 Å². The number of nitrogens with one attached hydrogen (secondary N) is 1. The Labute approximate surface area is 140 Å². The lowest BCUT2D eigenvalue weighted by atomic mass is 10.2. The van der Waals surface area contributed by atoms with Gasteiger partial charge in [0.15, 0.2) is 0 Å². The predicted octanol–water partition coefficient (Wildman–Crippen LogP) is 0.365. The molecule has 0 amide bonds. The van der Waals surface area contributed by atoms with Crippen LogP contribution in [-0.2, 0) is 24.8 Å². The van der Waals surface area contributed by atoms with Gasteiger partial charge in [0, 0.05) is 12.6 Å². The second kappa shape index (κ2) is 6.10. The van der Waals surface area contributed by atoms with Crippen LogP contribution in [0, 0.1) is 0 Å². The monoisotopic (exact) mass is 374 g/mol. The summed E-state index contributed by atoms with van der Waals surface area (Å²) >= 11 is 0. The number of nitrogens with zero attached hydrogens (tertiary/aromatic N) is 1. The maximum Gasteiger partial charge on any atom is 0.322 e. The standard InChI is InChI=1S/C14H18N2O6S2/c17-14(18)13-5-2-8-16(13)24(21,22)12-4-1-3-11(9-12)23(19,20)15-10-6-7-10/h1,3-4,9-10,13,15H,2,5-8H2,(H,17,18). The lowest BCUT2D eigenvalue weighted by Crippen LogP contribution is -2.40. The molecule has 1 aromatic carbocycles. The van der Waals surface area contributed by atoms with Gasteiger partial charge in [-0.15, -0.1) is 0 Å². The summed E-state index contributed by atoms with van der Waals surface area (Å²) < 4.78 is 53.3. The van der Waals surface area contributed by atoms with Gasteiger partial charge >= 0.3 is 5.97 Å². The summed E-state index contributed by atoms with van der Waals surface area (Å²) in [6.07, 6.45) is 2.24. The van der Waals surface area contributed by atoms with Crippen molar-refractivity contribution in [2.75, 3.05) is 6.54 Å². The van der Waals surface area contributed by atoms with Gasteiger partial charge < -0.3 is 5.11 Å². The summed E-state index contributed by atoms with van der Waals surface area (Å²) in [5.41, 5.74) is 0. The number of carbonyl (C=O) groups is 1. The molecule has 1 unspecified atom stereocenters. The van der Waals surface area contributed by atoms with E-state index < -0.39 is 32.1 Å². The smallest absolute Gasteiger partial charge is 0.322 e. The van der Waals surface area contributed by atoms with Crippen molar-refractivity contribution in [1.82, 2.24) is 9.03 Å². The van der Waals surface area contributed by atoms with Gasteiger partial charge in [-0.3, -0.25) is 4.79 Å². The normalized spacial score (nSPS) is 22.6. The van der Waals surface area contributed by atoms with Crippen molar-refractivity contribution in [2.45, 2.75) is 47.6 Å². The van der Waals surface area contributed by atoms with Crippen molar-refractivity contribution >= 4 is 26.0 Å². The zero-order chi connectivity index (χ0) is 17.5. The van der Waals surface area contributed by atoms with Crippen LogP contribution in [0.3, 0.4) is 0 Å². The highest BCUT2D eigenvalue weighted by molar-refractivity contribution is 7.90. The molecule has 10 heteroatoms. The molecule has 1 heterocycles. The van der Waals surface area contributed by atoms with E-state index in [1.165, 1.54) is 18.2 Å². The topological polar surface area (TPSA) is 121 Å². The molecule has 0 spiro atoms. The van der Waals surface area contributed by atoms with E-state index in [1.807, 2.05) is 0 Å². The molecular formula is C14H18N2O6S2. The highest BCUT2D eigenvalue weighted by atomic mass is 32.2. The fourth-order valence-electron chi connectivity index (χ4n) is 2.70. The van der Waals surface area contributed by atoms with E-state index in [1.54, 1.807) is 0 Å². The van der Waals surface area contributed by atoms with E-state index in [0.29, 0.717) is 6.42 Å². The Morgan fingerprint density at radius 2 is 1.79 bits per heavy atom. The second-order valence-corrected chi connectivity index (χ2v) is 9.59. The average molecular weight is 374 g/mol. The van der Waals surface area contributed by atoms with Crippen molar-refractivity contribution in [3.63, 3.8) is 0 Å². The van der Waals surface area contributed by atoms with Crippen molar-refractivity contribution in [3.8, 4) is 0 Å². The molecule has 1 saturated carbocycles. The van der Waals surface area contributed by atoms with Crippen molar-refractivity contribution in [1.29, 1.82) is 0 Å². The molecule has 0 radical (unpaired) electrons. The molecule has 2 N–H and O–H groups in total. The van der Waals surface area contributed by atoms with Gasteiger partial charge in [0.1, 0.15) is 6.04 Å². The van der Waals surface area contributed by atoms with E-state index in [0.717, 1.165) is 23.2 Å². The lowest BCUT2D eigenvalue weighted by Gasteiger charge is -2.21. The molecule has 1 aliphatic heterocycles. The summed E-state index contributed by atoms with van der Waals surface area (Å²) in [6, 6.07) is 3.83. The molecule has 24 heavy (non-hydrogen) atoms. The van der Waals surface area contributed by atoms with E-state index in [4.69, 9.17) is 0 Å². The minimum absolute atomic E-state index is 0.0924. The zero-order valence-electron chi connectivity index (χ0n) is 12.8. The van der Waals surface area contributed by atoms with Crippen LogP contribution in [0.1, 0.15) is 25.7 Å². The van der Waals surface area contributed by atoms with Crippen LogP contribution in [0.4, 0.5) is 0 Å². The third kappa shape index (κ3) is 3.32. The van der Waals surface area contributed by atoms with E-state index >= 15 is 0 Å². The molecule has 8 nitrogen and oxygen atoms in total. The molecule has 0 bridgehead atoms. The Balaban J connectivity index is 1.94. The largest absolute Gasteiger partial charge is 0.480 e. The van der Waals surface area contributed by atoms with Crippen molar-refractivity contribution < 1.29 is 26.7 Å². The maximum atomic E-state index is 12.7. The Morgan fingerprint density at radius 3 is 2.42 bits per heavy atom. The van der Waals surface area contributed by atoms with Gasteiger partial charge in [-0.2, -0.15) is 4.31 Å². The van der Waals surface area contributed by atoms with Gasteiger partial charge in [-0.25, -0.2) is 21.6 Å². The first-order chi connectivity index (χ1) is 11.2. The molecule has 132 valence electrons. The SMILES string of the molecule is O=C(O)C1CCCN1S(=O)(=O)c1cccc(S(=O)(=O)NC2CC2)c1. The predicted molar refractivity (Wildman–Crippen MR) is 84.3 cm³/mol. The summed E-state index contributed by atoms with van der Waals surface area (Å²) in [4.78, 5) is 10.9. The highest BCUT2D eigenvalue weighted by Gasteiger charge is 2.39. The van der Waals surface area contributed by atoms with E-state index in [2.05, 4.69) is 4.72 Å². The zero-order valence-corrected chi connectivity index (χ0v) is 14.4. The van der Waals surface area contributed by atoms with Crippen LogP contribution in [-0.4, -0.2) is 50.8 Å². The minimum atomic E-state index is -4.07. The molecular weight excluding hydrogens is 356 g/mol. The lowest BCUT2D eigenvalue weighted by molar-refractivity contribution is -0.140. The first kappa shape index (κ1) is 17.3. The number of hydrogen-bond donors (Lipinski definition) is 2. The number of benzene rings is 1. The molecule has 1 atom stereocenters. The molecule has 2 fully saturated rings. The van der Waals surface area contributed by atoms with Crippen LogP contribution in [0.25, 0.3) is 0 Å². The Morgan fingerprint density at radius 1 is 1.12 bits per heavy atom. The van der Waals surface area contributed by atoms with Gasteiger partial charge in [0.25, 0.3) is 0 Å². The van der Waals surface area contributed by atoms with Gasteiger partial charge in [0.2, 0.25) is 20.0 Å². The first-order valence-corrected chi connectivity index (χ1v) is 10.5. The highest BCUT2D eigenvalue weighted by Crippen LogP contribution is 2.28. The van der Waals surface area contributed by atoms with Crippen molar-refractivity contribution in [3.05, 3.63) is 24.3 Å². The molecule has 3 rings (SSSR count). The van der Waals surface area contributed by atoms with Crippen LogP contribution >= 0.6 is 0 Å². The number of aliphatic carboxylic acids is 1. The number of carboxylic acids is 1. The molecule has 1 aliphatic carbocycles. The van der Waals surface area contributed by atoms with Crippen LogP contribution in [0.5, 0.6) is 0 Å². The molecule has 1 aromatic rings. The number of carboxylic acid groups (broad SMARTS) is 1. The Kier molecular flexibility index (Phi) is 4.41. The minimum Gasteiger partial charge on any atom is -0.480 e. The fraction of sp³-hybridized carbons (Fsp3) is 0.500. The van der Waals surface area contributed by atoms with Gasteiger partial charge in [-0.05, 0) is 43.9 Å². The van der Waals surface area contributed by atoms with E-state index in [-0.39, 0.29) is 28.8 Å². The maximum absolute atomic E-state index is 12.7. The summed E-state index contributed by atoms with van der Waals surface area (Å²) in [6.45, 7) is 0.108. The number of sulfonamides is 2. The summed E-state index contributed by atoms with van der Waals surface area (Å²) in [7, 11) is -7.85. The van der Waals surface area contributed by atoms with Gasteiger partial charge in [-0.1, -0.05) is 6.07 Å². The number of hydrogen-bond acceptors (Lipinski definition) is 5. The fourth-order valence-corrected chi connectivity index (χ4v) is 5.82. The van der Waals surface area contributed by atoms with Crippen LogP contribution in [0.2, 0.25) is 0 Å². The molecule has 0 aromatic heterocycles. The summed E-state index contributed by atoms with van der Waals surface area (Å²) in [5, 5.41) is 9.17. The average Bonchev–Trinajstić information content (AvgIpc) is 3.17. The third-order valence-corrected chi connectivity index (χ3v) is 7.53. The Hall–Kier alpha value is -1.49. The second-order valence-electron chi connectivity index (χ2n) is 5.98. The van der Waals surface area contributed by atoms with Gasteiger partial charge in [0.05, 0.1) is 9.79 Å². The third-order valence-electron chi connectivity index (χ3n) is 4.11. The molecule has 1 saturated heterocycles. The summed E-state index contributed by atoms with van der Waals surface area (Å²) in [5.74, 6) is -1.20. The van der Waals surface area contributed by atoms with Crippen LogP contribution < -0.4 is 4.72 Å².